The van der Waals surface area contributed by atoms with E-state index in [0.717, 1.165) is 38.6 Å². The quantitative estimate of drug-likeness (QED) is 0.173. The van der Waals surface area contributed by atoms with Crippen molar-refractivity contribution in [1.82, 2.24) is 0 Å². The Hall–Kier alpha value is -3.90. The van der Waals surface area contributed by atoms with Gasteiger partial charge in [-0.05, 0) is 54.4 Å². The van der Waals surface area contributed by atoms with E-state index in [9.17, 15) is 0 Å². The van der Waals surface area contributed by atoms with Gasteiger partial charge in [-0.25, -0.2) is 4.85 Å². The van der Waals surface area contributed by atoms with Crippen LogP contribution in [0, 0.1) is 20.4 Å². The number of pyridine rings is 1. The third-order valence-corrected chi connectivity index (χ3v) is 8.99. The molecule has 6 rings (SSSR count). The van der Waals surface area contributed by atoms with E-state index in [1.807, 2.05) is 6.07 Å². The molecule has 196 valence electrons. The number of rotatable bonds is 4. The topological polar surface area (TPSA) is 21.4 Å². The van der Waals surface area contributed by atoms with E-state index in [4.69, 9.17) is 11.0 Å². The molecular weight excluding hydrogens is 476 g/mol. The largest absolute Gasteiger partial charge is 0.456 e. The van der Waals surface area contributed by atoms with E-state index >= 15 is 0 Å². The summed E-state index contributed by atoms with van der Waals surface area (Å²) >= 11 is 0. The molecule has 39 heavy (non-hydrogen) atoms. The lowest BCUT2D eigenvalue weighted by Gasteiger charge is -2.22. The van der Waals surface area contributed by atoms with Crippen LogP contribution in [0.4, 0.5) is 5.69 Å². The van der Waals surface area contributed by atoms with Gasteiger partial charge in [0.05, 0.1) is 12.1 Å². The monoisotopic (exact) mass is 513 g/mol. The molecule has 0 aliphatic heterocycles. The molecule has 0 spiro atoms. The number of benzene rings is 3. The average Bonchev–Trinajstić information content (AvgIpc) is 3.33. The third kappa shape index (κ3) is 4.23. The van der Waals surface area contributed by atoms with Gasteiger partial charge in [-0.2, -0.15) is 4.57 Å². The first-order chi connectivity index (χ1) is 18.9. The summed E-state index contributed by atoms with van der Waals surface area (Å²) in [5.74, 6) is 1.12. The van der Waals surface area contributed by atoms with Crippen LogP contribution in [0.1, 0.15) is 80.2 Å². The van der Waals surface area contributed by atoms with Crippen molar-refractivity contribution in [3.8, 4) is 22.4 Å². The number of aryl methyl sites for hydroxylation is 1. The number of furan rings is 1. The van der Waals surface area contributed by atoms with Crippen molar-refractivity contribution in [2.24, 2.45) is 7.05 Å². The number of nitrogens with zero attached hydrogens (tertiary/aromatic N) is 2. The van der Waals surface area contributed by atoms with E-state index in [1.165, 1.54) is 60.2 Å². The van der Waals surface area contributed by atoms with Crippen molar-refractivity contribution in [1.29, 1.82) is 0 Å². The Bertz CT molecular complexity index is 1740. The number of hydrogen-bond donors (Lipinski definition) is 0. The predicted octanol–water partition coefficient (Wildman–Crippen LogP) is 10.1. The van der Waals surface area contributed by atoms with Crippen LogP contribution in [0.15, 0.2) is 65.1 Å². The Morgan fingerprint density at radius 3 is 2.15 bits per heavy atom. The highest BCUT2D eigenvalue weighted by Crippen LogP contribution is 2.45. The lowest BCUT2D eigenvalue weighted by Crippen LogP contribution is -2.36. The highest BCUT2D eigenvalue weighted by molar-refractivity contribution is 6.15. The number of aromatic nitrogens is 1. The van der Waals surface area contributed by atoms with Crippen LogP contribution in [-0.4, -0.2) is 0 Å². The summed E-state index contributed by atoms with van der Waals surface area (Å²) in [5, 5.41) is 2.15. The zero-order valence-corrected chi connectivity index (χ0v) is 23.8. The molecule has 0 unspecified atom stereocenters. The van der Waals surface area contributed by atoms with Crippen LogP contribution in [0.3, 0.4) is 0 Å². The van der Waals surface area contributed by atoms with Crippen LogP contribution in [0.2, 0.25) is 0 Å². The Morgan fingerprint density at radius 1 is 0.821 bits per heavy atom. The van der Waals surface area contributed by atoms with Crippen LogP contribution in [0.25, 0.3) is 49.2 Å². The lowest BCUT2D eigenvalue weighted by molar-refractivity contribution is -0.667. The molecule has 1 fully saturated rings. The Balaban J connectivity index is 1.57. The van der Waals surface area contributed by atoms with Crippen LogP contribution < -0.4 is 4.57 Å². The molecule has 5 aromatic rings. The van der Waals surface area contributed by atoms with Gasteiger partial charge in [0.25, 0.3) is 0 Å². The zero-order chi connectivity index (χ0) is 27.3. The van der Waals surface area contributed by atoms with Crippen LogP contribution >= 0.6 is 0 Å². The normalized spacial score (nSPS) is 14.4. The molecule has 3 aromatic carbocycles. The standard InChI is InChI=1S/C36H37N2O/c1-22(2)25-13-15-27(16-14-25)34-31(37-5)20-18-30-29-17-12-23(3)33(35(29)39-36(30)34)32-21-19-28(24(4)38(32)6)26-10-8-7-9-11-26/h12-22,26H,7-11H2,1-4,6H3/q+1. The molecule has 0 bridgehead atoms. The summed E-state index contributed by atoms with van der Waals surface area (Å²) in [7, 11) is 2.19. The lowest BCUT2D eigenvalue weighted by atomic mass is 9.83. The SMILES string of the molecule is [C-]#[N+]c1ccc2c(oc3c(-c4ccc(C5CCCCC5)c(C)[n+]4C)c(C)ccc32)c1-c1ccc(C(C)C)cc1. The Labute approximate surface area is 231 Å². The van der Waals surface area contributed by atoms with Gasteiger partial charge in [-0.3, -0.25) is 0 Å². The number of fused-ring (bicyclic) bond motifs is 3. The molecule has 0 atom stereocenters. The second-order valence-electron chi connectivity index (χ2n) is 11.6. The van der Waals surface area contributed by atoms with Crippen molar-refractivity contribution in [2.45, 2.75) is 71.6 Å². The van der Waals surface area contributed by atoms with Crippen molar-refractivity contribution in [3.63, 3.8) is 0 Å². The molecule has 1 aliphatic carbocycles. The predicted molar refractivity (Wildman–Crippen MR) is 161 cm³/mol. The zero-order valence-electron chi connectivity index (χ0n) is 23.8. The average molecular weight is 514 g/mol. The molecule has 3 heteroatoms. The highest BCUT2D eigenvalue weighted by atomic mass is 16.3. The first kappa shape index (κ1) is 25.4. The van der Waals surface area contributed by atoms with Gasteiger partial charge >= 0.3 is 0 Å². The molecule has 0 N–H and O–H groups in total. The minimum atomic E-state index is 0.459. The highest BCUT2D eigenvalue weighted by Gasteiger charge is 2.27. The maximum atomic E-state index is 7.90. The third-order valence-electron chi connectivity index (χ3n) is 8.99. The number of hydrogen-bond acceptors (Lipinski definition) is 1. The minimum Gasteiger partial charge on any atom is -0.456 e. The van der Waals surface area contributed by atoms with Gasteiger partial charge in [0.2, 0.25) is 5.69 Å². The van der Waals surface area contributed by atoms with Gasteiger partial charge in [0.1, 0.15) is 18.2 Å². The van der Waals surface area contributed by atoms with Gasteiger partial charge in [0, 0.05) is 34.9 Å². The molecule has 1 aliphatic rings. The van der Waals surface area contributed by atoms with E-state index < -0.39 is 0 Å². The maximum absolute atomic E-state index is 7.90. The summed E-state index contributed by atoms with van der Waals surface area (Å²) in [6, 6.07) is 21.6. The summed E-state index contributed by atoms with van der Waals surface area (Å²) in [6.07, 6.45) is 6.63. The molecule has 0 saturated heterocycles. The van der Waals surface area contributed by atoms with Crippen LogP contribution in [-0.2, 0) is 7.05 Å². The first-order valence-electron chi connectivity index (χ1n) is 14.4. The van der Waals surface area contributed by atoms with Crippen LogP contribution in [0.5, 0.6) is 0 Å². The summed E-state index contributed by atoms with van der Waals surface area (Å²) < 4.78 is 9.17. The van der Waals surface area contributed by atoms with E-state index in [-0.39, 0.29) is 0 Å². The summed E-state index contributed by atoms with van der Waals surface area (Å²) in [4.78, 5) is 3.89. The van der Waals surface area contributed by atoms with E-state index in [2.05, 4.69) is 98.8 Å². The second-order valence-corrected chi connectivity index (χ2v) is 11.6. The smallest absolute Gasteiger partial charge is 0.216 e. The molecule has 2 heterocycles. The summed E-state index contributed by atoms with van der Waals surface area (Å²) in [5.41, 5.74) is 11.8. The van der Waals surface area contributed by atoms with Gasteiger partial charge < -0.3 is 4.42 Å². The molecule has 2 aromatic heterocycles. The fourth-order valence-electron chi connectivity index (χ4n) is 6.59. The van der Waals surface area contributed by atoms with Gasteiger partial charge in [-0.15, -0.1) is 0 Å². The van der Waals surface area contributed by atoms with Crippen molar-refractivity contribution in [3.05, 3.63) is 94.5 Å². The fourth-order valence-corrected chi connectivity index (χ4v) is 6.59. The Kier molecular flexibility index (Phi) is 6.51. The van der Waals surface area contributed by atoms with E-state index in [0.29, 0.717) is 17.5 Å². The molecule has 3 nitrogen and oxygen atoms in total. The van der Waals surface area contributed by atoms with Gasteiger partial charge in [0.15, 0.2) is 11.4 Å². The first-order valence-corrected chi connectivity index (χ1v) is 14.4. The van der Waals surface area contributed by atoms with Crippen molar-refractivity contribution < 1.29 is 8.98 Å². The minimum absolute atomic E-state index is 0.459. The fraction of sp³-hybridized carbons (Fsp3) is 0.333. The molecular formula is C36H37N2O+. The van der Waals surface area contributed by atoms with Crippen molar-refractivity contribution >= 4 is 27.6 Å². The van der Waals surface area contributed by atoms with Crippen molar-refractivity contribution in [2.75, 3.05) is 0 Å². The molecule has 1 saturated carbocycles. The summed E-state index contributed by atoms with van der Waals surface area (Å²) in [6.45, 7) is 16.7. The second kappa shape index (κ2) is 10.0. The Morgan fingerprint density at radius 2 is 1.49 bits per heavy atom. The molecule has 0 radical (unpaired) electrons. The van der Waals surface area contributed by atoms with E-state index in [1.54, 1.807) is 0 Å². The van der Waals surface area contributed by atoms with Gasteiger partial charge in [-0.1, -0.05) is 81.6 Å². The maximum Gasteiger partial charge on any atom is 0.216 e. The molecule has 0 amide bonds.